The standard InChI is InChI=1S/C16H14FN3O/c1-10-3-5-13(7-11(10)2)18-16(21)14-9-20-8-12(17)4-6-15(20)19-14/h3-9H,1-2H3,(H,18,21). The molecule has 0 radical (unpaired) electrons. The van der Waals surface area contributed by atoms with Crippen molar-refractivity contribution in [1.82, 2.24) is 9.38 Å². The first kappa shape index (κ1) is 13.3. The Kier molecular flexibility index (Phi) is 3.17. The number of halogens is 1. The fraction of sp³-hybridized carbons (Fsp3) is 0.125. The van der Waals surface area contributed by atoms with Crippen LogP contribution in [0.25, 0.3) is 5.65 Å². The van der Waals surface area contributed by atoms with Crippen molar-refractivity contribution in [3.8, 4) is 0 Å². The average Bonchev–Trinajstić information content (AvgIpc) is 2.86. The monoisotopic (exact) mass is 283 g/mol. The molecule has 2 heterocycles. The van der Waals surface area contributed by atoms with Crippen LogP contribution in [0.1, 0.15) is 21.6 Å². The van der Waals surface area contributed by atoms with E-state index in [0.717, 1.165) is 11.1 Å². The van der Waals surface area contributed by atoms with E-state index in [1.165, 1.54) is 28.9 Å². The highest BCUT2D eigenvalue weighted by Crippen LogP contribution is 2.15. The third-order valence-electron chi connectivity index (χ3n) is 3.41. The van der Waals surface area contributed by atoms with Crippen LogP contribution in [0.3, 0.4) is 0 Å². The lowest BCUT2D eigenvalue weighted by Gasteiger charge is -2.06. The van der Waals surface area contributed by atoms with Crippen LogP contribution in [-0.4, -0.2) is 15.3 Å². The largest absolute Gasteiger partial charge is 0.321 e. The van der Waals surface area contributed by atoms with Gasteiger partial charge in [0, 0.05) is 18.1 Å². The van der Waals surface area contributed by atoms with E-state index in [-0.39, 0.29) is 17.4 Å². The van der Waals surface area contributed by atoms with Crippen LogP contribution in [-0.2, 0) is 0 Å². The average molecular weight is 283 g/mol. The van der Waals surface area contributed by atoms with Crippen molar-refractivity contribution in [2.24, 2.45) is 0 Å². The number of hydrogen-bond acceptors (Lipinski definition) is 2. The lowest BCUT2D eigenvalue weighted by atomic mass is 10.1. The highest BCUT2D eigenvalue weighted by molar-refractivity contribution is 6.03. The summed E-state index contributed by atoms with van der Waals surface area (Å²) in [7, 11) is 0. The Labute approximate surface area is 121 Å². The molecule has 0 aliphatic heterocycles. The Balaban J connectivity index is 1.87. The highest BCUT2D eigenvalue weighted by atomic mass is 19.1. The molecule has 0 atom stereocenters. The summed E-state index contributed by atoms with van der Waals surface area (Å²) in [5.41, 5.74) is 3.76. The molecule has 4 nitrogen and oxygen atoms in total. The Morgan fingerprint density at radius 2 is 1.95 bits per heavy atom. The molecule has 1 aromatic carbocycles. The van der Waals surface area contributed by atoms with E-state index in [0.29, 0.717) is 11.3 Å². The minimum atomic E-state index is -0.374. The van der Waals surface area contributed by atoms with Gasteiger partial charge in [0.05, 0.1) is 0 Å². The number of carbonyl (C=O) groups is 1. The van der Waals surface area contributed by atoms with Gasteiger partial charge >= 0.3 is 0 Å². The molecule has 0 spiro atoms. The zero-order valence-corrected chi connectivity index (χ0v) is 11.7. The maximum Gasteiger partial charge on any atom is 0.275 e. The quantitative estimate of drug-likeness (QED) is 0.784. The molecule has 3 rings (SSSR count). The van der Waals surface area contributed by atoms with Crippen LogP contribution in [0.4, 0.5) is 10.1 Å². The number of fused-ring (bicyclic) bond motifs is 1. The van der Waals surface area contributed by atoms with Crippen molar-refractivity contribution in [3.63, 3.8) is 0 Å². The molecular formula is C16H14FN3O. The minimum absolute atomic E-state index is 0.249. The molecule has 21 heavy (non-hydrogen) atoms. The summed E-state index contributed by atoms with van der Waals surface area (Å²) in [5.74, 6) is -0.691. The fourth-order valence-electron chi connectivity index (χ4n) is 2.09. The molecule has 3 aromatic rings. The Morgan fingerprint density at radius 1 is 1.14 bits per heavy atom. The van der Waals surface area contributed by atoms with E-state index in [9.17, 15) is 9.18 Å². The molecule has 5 heteroatoms. The van der Waals surface area contributed by atoms with Crippen molar-refractivity contribution in [2.45, 2.75) is 13.8 Å². The first-order valence-corrected chi connectivity index (χ1v) is 6.56. The van der Waals surface area contributed by atoms with E-state index >= 15 is 0 Å². The van der Waals surface area contributed by atoms with Gasteiger partial charge in [0.2, 0.25) is 0 Å². The van der Waals surface area contributed by atoms with Gasteiger partial charge < -0.3 is 9.72 Å². The molecule has 0 aliphatic carbocycles. The second kappa shape index (κ2) is 5.01. The SMILES string of the molecule is Cc1ccc(NC(=O)c2cn3cc(F)ccc3n2)cc1C. The number of amides is 1. The Bertz CT molecular complexity index is 839. The van der Waals surface area contributed by atoms with Crippen molar-refractivity contribution in [1.29, 1.82) is 0 Å². The molecule has 1 amide bonds. The number of anilines is 1. The molecule has 1 N–H and O–H groups in total. The number of aromatic nitrogens is 2. The number of hydrogen-bond donors (Lipinski definition) is 1. The van der Waals surface area contributed by atoms with Gasteiger partial charge in [-0.05, 0) is 49.2 Å². The van der Waals surface area contributed by atoms with Gasteiger partial charge in [-0.15, -0.1) is 0 Å². The van der Waals surface area contributed by atoms with E-state index < -0.39 is 0 Å². The van der Waals surface area contributed by atoms with Crippen molar-refractivity contribution >= 4 is 17.2 Å². The molecule has 0 bridgehead atoms. The molecule has 0 fully saturated rings. The summed E-state index contributed by atoms with van der Waals surface area (Å²) in [6, 6.07) is 8.54. The number of carbonyl (C=O) groups excluding carboxylic acids is 1. The van der Waals surface area contributed by atoms with Gasteiger partial charge in [-0.25, -0.2) is 9.37 Å². The van der Waals surface area contributed by atoms with E-state index in [1.54, 1.807) is 0 Å². The van der Waals surface area contributed by atoms with Crippen LogP contribution in [0.5, 0.6) is 0 Å². The number of nitrogens with one attached hydrogen (secondary N) is 1. The molecular weight excluding hydrogens is 269 g/mol. The normalized spacial score (nSPS) is 10.8. The van der Waals surface area contributed by atoms with Crippen molar-refractivity contribution < 1.29 is 9.18 Å². The lowest BCUT2D eigenvalue weighted by molar-refractivity contribution is 0.102. The Morgan fingerprint density at radius 3 is 2.71 bits per heavy atom. The summed E-state index contributed by atoms with van der Waals surface area (Å²) in [6.45, 7) is 4.00. The summed E-state index contributed by atoms with van der Waals surface area (Å²) >= 11 is 0. The maximum absolute atomic E-state index is 13.1. The zero-order chi connectivity index (χ0) is 15.0. The molecule has 0 saturated carbocycles. The van der Waals surface area contributed by atoms with Crippen molar-refractivity contribution in [2.75, 3.05) is 5.32 Å². The van der Waals surface area contributed by atoms with Crippen LogP contribution in [0.15, 0.2) is 42.7 Å². The van der Waals surface area contributed by atoms with E-state index in [2.05, 4.69) is 10.3 Å². The number of imidazole rings is 1. The Hall–Kier alpha value is -2.69. The topological polar surface area (TPSA) is 46.4 Å². The van der Waals surface area contributed by atoms with Gasteiger partial charge in [-0.2, -0.15) is 0 Å². The van der Waals surface area contributed by atoms with Gasteiger partial charge in [-0.1, -0.05) is 6.07 Å². The van der Waals surface area contributed by atoms with Crippen molar-refractivity contribution in [3.05, 3.63) is 65.4 Å². The molecule has 106 valence electrons. The van der Waals surface area contributed by atoms with E-state index in [1.807, 2.05) is 32.0 Å². The number of benzene rings is 1. The van der Waals surface area contributed by atoms with Gasteiger partial charge in [0.1, 0.15) is 17.2 Å². The fourth-order valence-corrected chi connectivity index (χ4v) is 2.09. The number of rotatable bonds is 2. The first-order chi connectivity index (χ1) is 10.0. The number of nitrogens with zero attached hydrogens (tertiary/aromatic N) is 2. The molecule has 0 saturated heterocycles. The summed E-state index contributed by atoms with van der Waals surface area (Å²) in [5, 5.41) is 2.79. The van der Waals surface area contributed by atoms with Gasteiger partial charge in [0.25, 0.3) is 5.91 Å². The van der Waals surface area contributed by atoms with E-state index in [4.69, 9.17) is 0 Å². The predicted molar refractivity (Wildman–Crippen MR) is 79.0 cm³/mol. The minimum Gasteiger partial charge on any atom is -0.321 e. The maximum atomic E-state index is 13.1. The zero-order valence-electron chi connectivity index (χ0n) is 11.7. The molecule has 0 aliphatic rings. The second-order valence-electron chi connectivity index (χ2n) is 4.99. The van der Waals surface area contributed by atoms with Crippen LogP contribution in [0.2, 0.25) is 0 Å². The third-order valence-corrected chi connectivity index (χ3v) is 3.41. The van der Waals surface area contributed by atoms with Crippen LogP contribution in [0, 0.1) is 19.7 Å². The number of aryl methyl sites for hydroxylation is 2. The number of pyridine rings is 1. The molecule has 0 unspecified atom stereocenters. The third kappa shape index (κ3) is 2.63. The highest BCUT2D eigenvalue weighted by Gasteiger charge is 2.11. The van der Waals surface area contributed by atoms with Crippen LogP contribution >= 0.6 is 0 Å². The summed E-state index contributed by atoms with van der Waals surface area (Å²) in [6.07, 6.45) is 2.80. The van der Waals surface area contributed by atoms with Gasteiger partial charge in [-0.3, -0.25) is 4.79 Å². The smallest absolute Gasteiger partial charge is 0.275 e. The predicted octanol–water partition coefficient (Wildman–Crippen LogP) is 3.34. The summed E-state index contributed by atoms with van der Waals surface area (Å²) < 4.78 is 14.6. The lowest BCUT2D eigenvalue weighted by Crippen LogP contribution is -2.12. The summed E-state index contributed by atoms with van der Waals surface area (Å²) in [4.78, 5) is 16.4. The first-order valence-electron chi connectivity index (χ1n) is 6.56. The van der Waals surface area contributed by atoms with Gasteiger partial charge in [0.15, 0.2) is 0 Å². The molecule has 2 aromatic heterocycles. The second-order valence-corrected chi connectivity index (χ2v) is 4.99. The van der Waals surface area contributed by atoms with Crippen LogP contribution < -0.4 is 5.32 Å².